The highest BCUT2D eigenvalue weighted by Gasteiger charge is 2.35. The number of anilines is 1. The molecule has 1 amide bonds. The van der Waals surface area contributed by atoms with E-state index in [1.807, 2.05) is 0 Å². The Hall–Kier alpha value is -1.27. The zero-order valence-corrected chi connectivity index (χ0v) is 14.0. The largest absolute Gasteiger partial charge is 0.330 e. The van der Waals surface area contributed by atoms with E-state index < -0.39 is 0 Å². The van der Waals surface area contributed by atoms with Crippen LogP contribution in [0.15, 0.2) is 0 Å². The monoisotopic (exact) mass is 321 g/mol. The van der Waals surface area contributed by atoms with Crippen molar-refractivity contribution < 1.29 is 9.59 Å². The lowest BCUT2D eigenvalue weighted by atomic mass is 9.78. The van der Waals surface area contributed by atoms with E-state index in [1.54, 1.807) is 0 Å². The molecule has 2 atom stereocenters. The maximum atomic E-state index is 12.4. The number of nitrogens with one attached hydrogen (secondary N) is 1. The van der Waals surface area contributed by atoms with Crippen LogP contribution in [0.1, 0.15) is 54.9 Å². The summed E-state index contributed by atoms with van der Waals surface area (Å²) in [6, 6.07) is 0. The predicted molar refractivity (Wildman–Crippen MR) is 87.1 cm³/mol. The number of ketones is 1. The van der Waals surface area contributed by atoms with Crippen LogP contribution in [0.25, 0.3) is 0 Å². The second kappa shape index (κ2) is 5.74. The van der Waals surface area contributed by atoms with E-state index in [-0.39, 0.29) is 28.9 Å². The van der Waals surface area contributed by atoms with Crippen LogP contribution in [0.4, 0.5) is 5.13 Å². The van der Waals surface area contributed by atoms with E-state index in [9.17, 15) is 9.59 Å². The first-order valence-corrected chi connectivity index (χ1v) is 8.75. The molecular weight excluding hydrogens is 298 g/mol. The third kappa shape index (κ3) is 2.94. The number of rotatable bonds is 3. The molecule has 2 aliphatic rings. The van der Waals surface area contributed by atoms with Crippen LogP contribution >= 0.6 is 11.3 Å². The fraction of sp³-hybridized carbons (Fsp3) is 0.688. The Morgan fingerprint density at radius 2 is 2.18 bits per heavy atom. The smallest absolute Gasteiger partial charge is 0.229 e. The van der Waals surface area contributed by atoms with Gasteiger partial charge in [0.1, 0.15) is 0 Å². The summed E-state index contributed by atoms with van der Waals surface area (Å²) in [7, 11) is 0. The van der Waals surface area contributed by atoms with Crippen LogP contribution in [0.3, 0.4) is 0 Å². The number of carbonyl (C=O) groups excluding carboxylic acids is 2. The first kappa shape index (κ1) is 15.6. The molecule has 0 spiro atoms. The lowest BCUT2D eigenvalue weighted by Crippen LogP contribution is -2.29. The molecule has 5 nitrogen and oxygen atoms in total. The molecule has 120 valence electrons. The second-order valence-electron chi connectivity index (χ2n) is 7.26. The number of hydrogen-bond acceptors (Lipinski definition) is 5. The predicted octanol–water partition coefficient (Wildman–Crippen LogP) is 2.61. The Bertz CT molecular complexity index is 609. The van der Waals surface area contributed by atoms with Crippen molar-refractivity contribution in [2.45, 2.75) is 46.0 Å². The van der Waals surface area contributed by atoms with Gasteiger partial charge in [0.25, 0.3) is 0 Å². The topological polar surface area (TPSA) is 85.1 Å². The van der Waals surface area contributed by atoms with E-state index in [0.717, 1.165) is 36.3 Å². The Labute approximate surface area is 134 Å². The van der Waals surface area contributed by atoms with Crippen LogP contribution in [-0.2, 0) is 11.2 Å². The molecule has 1 fully saturated rings. The van der Waals surface area contributed by atoms with E-state index in [2.05, 4.69) is 24.1 Å². The number of nitrogens with zero attached hydrogens (tertiary/aromatic N) is 1. The molecule has 0 radical (unpaired) electrons. The third-order valence-electron chi connectivity index (χ3n) is 4.76. The van der Waals surface area contributed by atoms with E-state index >= 15 is 0 Å². The van der Waals surface area contributed by atoms with Crippen molar-refractivity contribution >= 4 is 28.2 Å². The molecule has 0 bridgehead atoms. The van der Waals surface area contributed by atoms with Gasteiger partial charge in [0, 0.05) is 12.3 Å². The number of nitrogens with two attached hydrogens (primary N) is 1. The Kier molecular flexibility index (Phi) is 4.07. The average molecular weight is 321 g/mol. The highest BCUT2D eigenvalue weighted by atomic mass is 32.1. The molecular formula is C16H23N3O2S. The maximum absolute atomic E-state index is 12.4. The van der Waals surface area contributed by atoms with Crippen LogP contribution in [0.2, 0.25) is 0 Å². The van der Waals surface area contributed by atoms with Gasteiger partial charge >= 0.3 is 0 Å². The number of hydrogen-bond donors (Lipinski definition) is 2. The Balaban J connectivity index is 1.75. The van der Waals surface area contributed by atoms with Crippen molar-refractivity contribution in [3.63, 3.8) is 0 Å². The summed E-state index contributed by atoms with van der Waals surface area (Å²) in [4.78, 5) is 29.8. The molecule has 0 aliphatic heterocycles. The SMILES string of the molecule is CC1(C)CC(=O)c2sc(NC(=O)[C@@H]3CCC[C@@H]3CN)nc2C1. The minimum absolute atomic E-state index is 0.00533. The van der Waals surface area contributed by atoms with E-state index in [0.29, 0.717) is 18.1 Å². The molecule has 3 N–H and O–H groups in total. The van der Waals surface area contributed by atoms with E-state index in [1.165, 1.54) is 11.3 Å². The first-order chi connectivity index (χ1) is 10.4. The maximum Gasteiger partial charge on any atom is 0.229 e. The number of aromatic nitrogens is 1. The molecule has 1 aromatic rings. The van der Waals surface area contributed by atoms with Gasteiger partial charge in [-0.15, -0.1) is 0 Å². The van der Waals surface area contributed by atoms with Crippen molar-refractivity contribution in [2.75, 3.05) is 11.9 Å². The molecule has 1 aromatic heterocycles. The van der Waals surface area contributed by atoms with Gasteiger partial charge in [-0.1, -0.05) is 31.6 Å². The molecule has 22 heavy (non-hydrogen) atoms. The van der Waals surface area contributed by atoms with Crippen LogP contribution < -0.4 is 11.1 Å². The molecule has 0 unspecified atom stereocenters. The van der Waals surface area contributed by atoms with Crippen molar-refractivity contribution in [2.24, 2.45) is 23.0 Å². The summed E-state index contributed by atoms with van der Waals surface area (Å²) in [5, 5.41) is 3.47. The molecule has 1 saturated carbocycles. The van der Waals surface area contributed by atoms with Crippen molar-refractivity contribution in [3.05, 3.63) is 10.6 Å². The molecule has 1 heterocycles. The number of amides is 1. The quantitative estimate of drug-likeness (QED) is 0.896. The summed E-state index contributed by atoms with van der Waals surface area (Å²) in [5.41, 5.74) is 6.54. The average Bonchev–Trinajstić information content (AvgIpc) is 3.03. The summed E-state index contributed by atoms with van der Waals surface area (Å²) in [5.74, 6) is 0.406. The lowest BCUT2D eigenvalue weighted by molar-refractivity contribution is -0.120. The fourth-order valence-electron chi connectivity index (χ4n) is 3.64. The van der Waals surface area contributed by atoms with E-state index in [4.69, 9.17) is 5.73 Å². The standard InChI is InChI=1S/C16H23N3O2S/c1-16(2)6-11-13(12(20)7-16)22-15(18-11)19-14(21)10-5-3-4-9(10)8-17/h9-10H,3-8,17H2,1-2H3,(H,18,19,21)/t9-,10-/m1/s1. The van der Waals surface area contributed by atoms with Gasteiger partial charge in [-0.3, -0.25) is 9.59 Å². The van der Waals surface area contributed by atoms with Crippen molar-refractivity contribution in [1.29, 1.82) is 0 Å². The van der Waals surface area contributed by atoms with Gasteiger partial charge in [0.15, 0.2) is 10.9 Å². The number of Topliss-reactive ketones (excluding diaryl/α,β-unsaturated/α-hetero) is 1. The van der Waals surface area contributed by atoms with Gasteiger partial charge in [-0.05, 0) is 37.1 Å². The van der Waals surface area contributed by atoms with Crippen molar-refractivity contribution in [3.8, 4) is 0 Å². The normalized spacial score (nSPS) is 26.8. The van der Waals surface area contributed by atoms with Gasteiger partial charge < -0.3 is 11.1 Å². The summed E-state index contributed by atoms with van der Waals surface area (Å²) < 4.78 is 0. The second-order valence-corrected chi connectivity index (χ2v) is 8.26. The number of carbonyl (C=O) groups is 2. The minimum Gasteiger partial charge on any atom is -0.330 e. The molecule has 0 aromatic carbocycles. The van der Waals surface area contributed by atoms with Crippen molar-refractivity contribution in [1.82, 2.24) is 4.98 Å². The summed E-state index contributed by atoms with van der Waals surface area (Å²) >= 11 is 1.32. The Morgan fingerprint density at radius 3 is 2.91 bits per heavy atom. The van der Waals surface area contributed by atoms with Crippen LogP contribution in [0.5, 0.6) is 0 Å². The zero-order valence-electron chi connectivity index (χ0n) is 13.1. The lowest BCUT2D eigenvalue weighted by Gasteiger charge is -2.26. The van der Waals surface area contributed by atoms with Gasteiger partial charge in [-0.2, -0.15) is 0 Å². The van der Waals surface area contributed by atoms with Gasteiger partial charge in [0.05, 0.1) is 10.6 Å². The Morgan fingerprint density at radius 1 is 1.41 bits per heavy atom. The highest BCUT2D eigenvalue weighted by Crippen LogP contribution is 2.39. The third-order valence-corrected chi connectivity index (χ3v) is 5.82. The van der Waals surface area contributed by atoms with Crippen LogP contribution in [0, 0.1) is 17.3 Å². The molecule has 6 heteroatoms. The van der Waals surface area contributed by atoms with Gasteiger partial charge in [0.2, 0.25) is 5.91 Å². The summed E-state index contributed by atoms with van der Waals surface area (Å²) in [6.45, 7) is 4.71. The van der Waals surface area contributed by atoms with Crippen LogP contribution in [-0.4, -0.2) is 23.2 Å². The number of thiazole rings is 1. The zero-order chi connectivity index (χ0) is 15.9. The summed E-state index contributed by atoms with van der Waals surface area (Å²) in [6.07, 6.45) is 4.31. The first-order valence-electron chi connectivity index (χ1n) is 7.93. The molecule has 0 saturated heterocycles. The van der Waals surface area contributed by atoms with Gasteiger partial charge in [-0.25, -0.2) is 4.98 Å². The number of fused-ring (bicyclic) bond motifs is 1. The highest BCUT2D eigenvalue weighted by molar-refractivity contribution is 7.17. The fourth-order valence-corrected chi connectivity index (χ4v) is 4.56. The molecule has 2 aliphatic carbocycles. The minimum atomic E-state index is -0.0461. The molecule has 3 rings (SSSR count).